The van der Waals surface area contributed by atoms with E-state index in [0.717, 1.165) is 26.1 Å². The second-order valence-corrected chi connectivity index (χ2v) is 5.00. The van der Waals surface area contributed by atoms with Gasteiger partial charge in [-0.3, -0.25) is 9.59 Å². The molecule has 2 saturated heterocycles. The van der Waals surface area contributed by atoms with Crippen LogP contribution in [-0.2, 0) is 9.59 Å². The second kappa shape index (κ2) is 6.00. The van der Waals surface area contributed by atoms with Crippen molar-refractivity contribution in [1.82, 2.24) is 16.0 Å². The number of rotatable bonds is 4. The van der Waals surface area contributed by atoms with Crippen molar-refractivity contribution in [2.24, 2.45) is 11.8 Å². The average Bonchev–Trinajstić information content (AvgIpc) is 2.77. The van der Waals surface area contributed by atoms with Crippen molar-refractivity contribution in [3.63, 3.8) is 0 Å². The van der Waals surface area contributed by atoms with Gasteiger partial charge in [0.2, 0.25) is 11.8 Å². The Labute approximate surface area is 102 Å². The zero-order valence-corrected chi connectivity index (χ0v) is 10.1. The summed E-state index contributed by atoms with van der Waals surface area (Å²) in [5.74, 6) is 0.535. The molecule has 2 atom stereocenters. The molecule has 0 radical (unpaired) electrons. The third-order valence-corrected chi connectivity index (χ3v) is 3.60. The third-order valence-electron chi connectivity index (χ3n) is 3.60. The van der Waals surface area contributed by atoms with E-state index in [1.807, 2.05) is 0 Å². The maximum atomic E-state index is 11.7. The quantitative estimate of drug-likeness (QED) is 0.627. The number of nitrogens with one attached hydrogen (secondary N) is 3. The van der Waals surface area contributed by atoms with E-state index in [0.29, 0.717) is 18.9 Å². The number of carbonyl (C=O) groups is 2. The van der Waals surface area contributed by atoms with Gasteiger partial charge < -0.3 is 16.0 Å². The molecule has 0 bridgehead atoms. The number of amides is 2. The van der Waals surface area contributed by atoms with E-state index in [9.17, 15) is 9.59 Å². The lowest BCUT2D eigenvalue weighted by Gasteiger charge is -2.22. The van der Waals surface area contributed by atoms with E-state index in [1.54, 1.807) is 0 Å². The highest BCUT2D eigenvalue weighted by Gasteiger charge is 2.27. The summed E-state index contributed by atoms with van der Waals surface area (Å²) in [4.78, 5) is 22.7. The predicted octanol–water partition coefficient (Wildman–Crippen LogP) is -0.372. The smallest absolute Gasteiger partial charge is 0.225 e. The van der Waals surface area contributed by atoms with Gasteiger partial charge in [-0.1, -0.05) is 0 Å². The van der Waals surface area contributed by atoms with Gasteiger partial charge in [-0.05, 0) is 38.3 Å². The lowest BCUT2D eigenvalue weighted by Crippen LogP contribution is -2.36. The fourth-order valence-corrected chi connectivity index (χ4v) is 2.50. The Morgan fingerprint density at radius 1 is 1.41 bits per heavy atom. The third kappa shape index (κ3) is 3.70. The zero-order valence-electron chi connectivity index (χ0n) is 10.1. The van der Waals surface area contributed by atoms with Gasteiger partial charge in [0.1, 0.15) is 0 Å². The molecule has 2 fully saturated rings. The van der Waals surface area contributed by atoms with Gasteiger partial charge in [0, 0.05) is 19.5 Å². The summed E-state index contributed by atoms with van der Waals surface area (Å²) >= 11 is 0. The normalized spacial score (nSPS) is 28.8. The lowest BCUT2D eigenvalue weighted by atomic mass is 9.96. The van der Waals surface area contributed by atoms with Gasteiger partial charge in [0.15, 0.2) is 0 Å². The first-order valence-electron chi connectivity index (χ1n) is 6.51. The highest BCUT2D eigenvalue weighted by molar-refractivity contribution is 5.89. The minimum atomic E-state index is -0.160. The Bertz CT molecular complexity index is 287. The molecule has 0 aromatic carbocycles. The number of carbonyl (C=O) groups excluding carboxylic acids is 2. The van der Waals surface area contributed by atoms with Crippen LogP contribution in [0.25, 0.3) is 0 Å². The molecule has 0 aromatic rings. The summed E-state index contributed by atoms with van der Waals surface area (Å²) in [6.45, 7) is 3.42. The Hall–Kier alpha value is -1.10. The topological polar surface area (TPSA) is 70.2 Å². The van der Waals surface area contributed by atoms with Crippen LogP contribution in [0.5, 0.6) is 0 Å². The first-order chi connectivity index (χ1) is 8.25. The average molecular weight is 239 g/mol. The molecule has 2 aliphatic rings. The molecule has 2 amide bonds. The first-order valence-corrected chi connectivity index (χ1v) is 6.51. The molecule has 2 aliphatic heterocycles. The van der Waals surface area contributed by atoms with Crippen LogP contribution in [0.4, 0.5) is 0 Å². The molecule has 0 aromatic heterocycles. The van der Waals surface area contributed by atoms with Crippen LogP contribution in [0.3, 0.4) is 0 Å². The maximum Gasteiger partial charge on any atom is 0.225 e. The monoisotopic (exact) mass is 239 g/mol. The summed E-state index contributed by atoms with van der Waals surface area (Å²) in [5.41, 5.74) is 0. The van der Waals surface area contributed by atoms with Gasteiger partial charge in [0.05, 0.1) is 5.92 Å². The first kappa shape index (κ1) is 12.4. The largest absolute Gasteiger partial charge is 0.356 e. The van der Waals surface area contributed by atoms with Crippen molar-refractivity contribution in [1.29, 1.82) is 0 Å². The molecular weight excluding hydrogens is 218 g/mol. The summed E-state index contributed by atoms with van der Waals surface area (Å²) in [6, 6.07) is 0. The van der Waals surface area contributed by atoms with Crippen LogP contribution >= 0.6 is 0 Å². The molecular formula is C12H21N3O2. The SMILES string of the molecule is O=C1CC(C(=O)NCCC2CCCNC2)CN1. The fraction of sp³-hybridized carbons (Fsp3) is 0.833. The highest BCUT2D eigenvalue weighted by atomic mass is 16.2. The van der Waals surface area contributed by atoms with E-state index >= 15 is 0 Å². The van der Waals surface area contributed by atoms with E-state index in [4.69, 9.17) is 0 Å². The molecule has 5 heteroatoms. The van der Waals surface area contributed by atoms with E-state index in [-0.39, 0.29) is 17.7 Å². The van der Waals surface area contributed by atoms with Crippen molar-refractivity contribution < 1.29 is 9.59 Å². The van der Waals surface area contributed by atoms with Gasteiger partial charge in [-0.25, -0.2) is 0 Å². The summed E-state index contributed by atoms with van der Waals surface area (Å²) in [6.07, 6.45) is 3.87. The van der Waals surface area contributed by atoms with E-state index < -0.39 is 0 Å². The lowest BCUT2D eigenvalue weighted by molar-refractivity contribution is -0.126. The van der Waals surface area contributed by atoms with Crippen LogP contribution in [0, 0.1) is 11.8 Å². The second-order valence-electron chi connectivity index (χ2n) is 5.00. The van der Waals surface area contributed by atoms with Crippen molar-refractivity contribution in [3.05, 3.63) is 0 Å². The van der Waals surface area contributed by atoms with Crippen LogP contribution in [0.15, 0.2) is 0 Å². The minimum absolute atomic E-state index is 0.0124. The van der Waals surface area contributed by atoms with E-state index in [2.05, 4.69) is 16.0 Å². The fourth-order valence-electron chi connectivity index (χ4n) is 2.50. The Balaban J connectivity index is 1.61. The molecule has 3 N–H and O–H groups in total. The van der Waals surface area contributed by atoms with Crippen molar-refractivity contribution in [2.75, 3.05) is 26.2 Å². The molecule has 2 unspecified atom stereocenters. The summed E-state index contributed by atoms with van der Waals surface area (Å²) in [5, 5.41) is 8.98. The molecule has 0 aliphatic carbocycles. The van der Waals surface area contributed by atoms with Crippen LogP contribution in [0.2, 0.25) is 0 Å². The maximum absolute atomic E-state index is 11.7. The highest BCUT2D eigenvalue weighted by Crippen LogP contribution is 2.13. The van der Waals surface area contributed by atoms with Gasteiger partial charge in [-0.2, -0.15) is 0 Å². The standard InChI is InChI=1S/C12H21N3O2/c16-11-6-10(8-15-11)12(17)14-5-3-9-2-1-4-13-7-9/h9-10,13H,1-8H2,(H,14,17)(H,15,16). The summed E-state index contributed by atoms with van der Waals surface area (Å²) in [7, 11) is 0. The van der Waals surface area contributed by atoms with Crippen molar-refractivity contribution in [3.8, 4) is 0 Å². The molecule has 2 rings (SSSR count). The molecule has 17 heavy (non-hydrogen) atoms. The summed E-state index contributed by atoms with van der Waals surface area (Å²) < 4.78 is 0. The molecule has 96 valence electrons. The van der Waals surface area contributed by atoms with Crippen molar-refractivity contribution >= 4 is 11.8 Å². The molecule has 2 heterocycles. The van der Waals surface area contributed by atoms with Crippen LogP contribution < -0.4 is 16.0 Å². The molecule has 5 nitrogen and oxygen atoms in total. The number of hydrogen-bond acceptors (Lipinski definition) is 3. The van der Waals surface area contributed by atoms with Gasteiger partial charge in [0.25, 0.3) is 0 Å². The Kier molecular flexibility index (Phi) is 4.36. The Morgan fingerprint density at radius 3 is 2.94 bits per heavy atom. The van der Waals surface area contributed by atoms with Crippen molar-refractivity contribution in [2.45, 2.75) is 25.7 Å². The number of piperidine rings is 1. The van der Waals surface area contributed by atoms with Crippen LogP contribution in [-0.4, -0.2) is 38.0 Å². The zero-order chi connectivity index (χ0) is 12.1. The molecule has 0 spiro atoms. The minimum Gasteiger partial charge on any atom is -0.356 e. The molecule has 0 saturated carbocycles. The predicted molar refractivity (Wildman–Crippen MR) is 64.3 cm³/mol. The van der Waals surface area contributed by atoms with Crippen LogP contribution in [0.1, 0.15) is 25.7 Å². The van der Waals surface area contributed by atoms with Gasteiger partial charge in [-0.15, -0.1) is 0 Å². The Morgan fingerprint density at radius 2 is 2.29 bits per heavy atom. The van der Waals surface area contributed by atoms with E-state index in [1.165, 1.54) is 12.8 Å². The number of hydrogen-bond donors (Lipinski definition) is 3. The van der Waals surface area contributed by atoms with Gasteiger partial charge >= 0.3 is 0 Å².